The number of benzene rings is 3. The highest BCUT2D eigenvalue weighted by molar-refractivity contribution is 7.92. The number of halogens is 2. The molecule has 10 heteroatoms. The van der Waals surface area contributed by atoms with E-state index in [1.54, 1.807) is 25.1 Å². The van der Waals surface area contributed by atoms with E-state index in [-0.39, 0.29) is 28.7 Å². The second kappa shape index (κ2) is 13.2. The Hall–Kier alpha value is -3.79. The quantitative estimate of drug-likeness (QED) is 0.349. The maximum atomic E-state index is 15.0. The highest BCUT2D eigenvalue weighted by Gasteiger charge is 2.34. The van der Waals surface area contributed by atoms with Crippen LogP contribution in [0.1, 0.15) is 50.2 Å². The number of amides is 2. The number of hydrogen-bond acceptors (Lipinski definition) is 4. The molecule has 1 aliphatic rings. The molecule has 7 nitrogen and oxygen atoms in total. The lowest BCUT2D eigenvalue weighted by Crippen LogP contribution is -2.53. The third kappa shape index (κ3) is 7.30. The van der Waals surface area contributed by atoms with Gasteiger partial charge in [-0.3, -0.25) is 13.9 Å². The maximum absolute atomic E-state index is 15.0. The summed E-state index contributed by atoms with van der Waals surface area (Å²) in [6, 6.07) is 16.1. The molecule has 41 heavy (non-hydrogen) atoms. The van der Waals surface area contributed by atoms with Crippen LogP contribution < -0.4 is 9.62 Å². The van der Waals surface area contributed by atoms with Crippen LogP contribution in [-0.4, -0.2) is 43.8 Å². The fourth-order valence-electron chi connectivity index (χ4n) is 4.97. The summed E-state index contributed by atoms with van der Waals surface area (Å²) in [5, 5.41) is 2.99. The van der Waals surface area contributed by atoms with Gasteiger partial charge in [-0.05, 0) is 57.0 Å². The molecule has 0 aliphatic heterocycles. The molecule has 4 rings (SSSR count). The van der Waals surface area contributed by atoms with Gasteiger partial charge in [0.2, 0.25) is 11.8 Å². The van der Waals surface area contributed by atoms with Gasteiger partial charge < -0.3 is 10.2 Å². The van der Waals surface area contributed by atoms with Crippen molar-refractivity contribution in [2.75, 3.05) is 10.8 Å². The summed E-state index contributed by atoms with van der Waals surface area (Å²) >= 11 is 0. The van der Waals surface area contributed by atoms with E-state index in [4.69, 9.17) is 0 Å². The number of para-hydroxylation sites is 1. The zero-order valence-electron chi connectivity index (χ0n) is 23.2. The fraction of sp³-hybridized carbons (Fsp3) is 0.355. The van der Waals surface area contributed by atoms with Gasteiger partial charge in [0.1, 0.15) is 24.2 Å². The number of aryl methyl sites for hydroxylation is 1. The first-order valence-corrected chi connectivity index (χ1v) is 15.2. The molecule has 218 valence electrons. The van der Waals surface area contributed by atoms with Crippen molar-refractivity contribution in [1.82, 2.24) is 10.2 Å². The largest absolute Gasteiger partial charge is 0.352 e. The Labute approximate surface area is 240 Å². The monoisotopic (exact) mass is 583 g/mol. The van der Waals surface area contributed by atoms with Crippen LogP contribution in [0.25, 0.3) is 0 Å². The number of rotatable bonds is 10. The van der Waals surface area contributed by atoms with Crippen LogP contribution in [0.15, 0.2) is 77.7 Å². The number of anilines is 1. The first-order chi connectivity index (χ1) is 19.6. The van der Waals surface area contributed by atoms with Gasteiger partial charge in [0.05, 0.1) is 10.6 Å². The summed E-state index contributed by atoms with van der Waals surface area (Å²) in [5.74, 6) is -2.60. The van der Waals surface area contributed by atoms with Crippen molar-refractivity contribution in [2.24, 2.45) is 0 Å². The lowest BCUT2D eigenvalue weighted by atomic mass is 9.95. The number of hydrogen-bond donors (Lipinski definition) is 1. The van der Waals surface area contributed by atoms with E-state index >= 15 is 4.39 Å². The predicted octanol–water partition coefficient (Wildman–Crippen LogP) is 5.33. The topological polar surface area (TPSA) is 86.8 Å². The van der Waals surface area contributed by atoms with Crippen LogP contribution in [0.5, 0.6) is 0 Å². The molecular formula is C31H35F2N3O4S. The van der Waals surface area contributed by atoms with Gasteiger partial charge in [0.15, 0.2) is 0 Å². The van der Waals surface area contributed by atoms with Crippen LogP contribution in [-0.2, 0) is 26.2 Å². The molecule has 3 aromatic carbocycles. The molecule has 2 amide bonds. The summed E-state index contributed by atoms with van der Waals surface area (Å²) < 4.78 is 58.0. The summed E-state index contributed by atoms with van der Waals surface area (Å²) in [6.07, 6.45) is 4.74. The van der Waals surface area contributed by atoms with Gasteiger partial charge in [-0.25, -0.2) is 17.2 Å². The average molecular weight is 584 g/mol. The summed E-state index contributed by atoms with van der Waals surface area (Å²) in [6.45, 7) is 2.25. The SMILES string of the molecule is Cc1ccc(S(=O)(=O)N(CC(=O)N(Cc2ccccc2F)[C@@H](C)C(=O)NC2CCCCC2)c2ccccc2F)cc1. The standard InChI is InChI=1S/C31H35F2N3O4S/c1-22-16-18-26(19-17-22)41(39,40)36(29-15-9-8-14-28(29)33)21-30(37)35(20-24-10-6-7-13-27(24)32)23(2)31(38)34-25-11-4-3-5-12-25/h6-10,13-19,23,25H,3-5,11-12,20-21H2,1-2H3,(H,34,38)/t23-/m0/s1. The number of nitrogens with one attached hydrogen (secondary N) is 1. The molecule has 0 bridgehead atoms. The normalized spacial score (nSPS) is 14.7. The predicted molar refractivity (Wildman–Crippen MR) is 154 cm³/mol. The van der Waals surface area contributed by atoms with Gasteiger partial charge in [-0.2, -0.15) is 0 Å². The third-order valence-corrected chi connectivity index (χ3v) is 9.20. The van der Waals surface area contributed by atoms with E-state index in [1.807, 2.05) is 0 Å². The van der Waals surface area contributed by atoms with Crippen molar-refractivity contribution in [3.8, 4) is 0 Å². The van der Waals surface area contributed by atoms with Gasteiger partial charge in [0.25, 0.3) is 10.0 Å². The van der Waals surface area contributed by atoms with Crippen molar-refractivity contribution in [3.05, 3.63) is 95.6 Å². The average Bonchev–Trinajstić information content (AvgIpc) is 2.96. The highest BCUT2D eigenvalue weighted by atomic mass is 32.2. The lowest BCUT2D eigenvalue weighted by Gasteiger charge is -2.33. The molecule has 0 spiro atoms. The lowest BCUT2D eigenvalue weighted by molar-refractivity contribution is -0.139. The van der Waals surface area contributed by atoms with Crippen molar-refractivity contribution in [2.45, 2.75) is 69.5 Å². The van der Waals surface area contributed by atoms with E-state index in [2.05, 4.69) is 5.32 Å². The van der Waals surface area contributed by atoms with Gasteiger partial charge in [-0.15, -0.1) is 0 Å². The molecular weight excluding hydrogens is 548 g/mol. The molecule has 0 heterocycles. The summed E-state index contributed by atoms with van der Waals surface area (Å²) in [4.78, 5) is 28.2. The molecule has 1 atom stereocenters. The van der Waals surface area contributed by atoms with E-state index in [0.29, 0.717) is 4.31 Å². The Morgan fingerprint density at radius 2 is 1.51 bits per heavy atom. The Morgan fingerprint density at radius 3 is 2.15 bits per heavy atom. The van der Waals surface area contributed by atoms with Crippen LogP contribution in [0.4, 0.5) is 14.5 Å². The Bertz CT molecular complexity index is 1470. The van der Waals surface area contributed by atoms with Crippen LogP contribution in [0, 0.1) is 18.6 Å². The Balaban J connectivity index is 1.69. The van der Waals surface area contributed by atoms with Gasteiger partial charge in [0, 0.05) is 18.2 Å². The van der Waals surface area contributed by atoms with Crippen LogP contribution in [0.3, 0.4) is 0 Å². The molecule has 3 aromatic rings. The smallest absolute Gasteiger partial charge is 0.264 e. The minimum Gasteiger partial charge on any atom is -0.352 e. The zero-order chi connectivity index (χ0) is 29.6. The second-order valence-corrected chi connectivity index (χ2v) is 12.3. The van der Waals surface area contributed by atoms with Crippen molar-refractivity contribution >= 4 is 27.5 Å². The van der Waals surface area contributed by atoms with Gasteiger partial charge in [-0.1, -0.05) is 67.3 Å². The summed E-state index contributed by atoms with van der Waals surface area (Å²) in [5.41, 5.74) is 0.676. The van der Waals surface area contributed by atoms with Crippen molar-refractivity contribution in [3.63, 3.8) is 0 Å². The molecule has 1 saturated carbocycles. The zero-order valence-corrected chi connectivity index (χ0v) is 24.0. The molecule has 0 unspecified atom stereocenters. The molecule has 1 N–H and O–H groups in total. The summed E-state index contributed by atoms with van der Waals surface area (Å²) in [7, 11) is -4.40. The number of carbonyl (C=O) groups excluding carboxylic acids is 2. The van der Waals surface area contributed by atoms with Crippen molar-refractivity contribution in [1.29, 1.82) is 0 Å². The van der Waals surface area contributed by atoms with Crippen LogP contribution >= 0.6 is 0 Å². The first-order valence-electron chi connectivity index (χ1n) is 13.7. The van der Waals surface area contributed by atoms with E-state index in [1.165, 1.54) is 55.5 Å². The van der Waals surface area contributed by atoms with Crippen molar-refractivity contribution < 1.29 is 26.8 Å². The van der Waals surface area contributed by atoms with Gasteiger partial charge >= 0.3 is 0 Å². The minimum atomic E-state index is -4.40. The second-order valence-electron chi connectivity index (χ2n) is 10.4. The molecule has 1 fully saturated rings. The van der Waals surface area contributed by atoms with E-state index in [0.717, 1.165) is 48.6 Å². The highest BCUT2D eigenvalue weighted by Crippen LogP contribution is 2.27. The maximum Gasteiger partial charge on any atom is 0.264 e. The fourth-order valence-corrected chi connectivity index (χ4v) is 6.39. The minimum absolute atomic E-state index is 0.0269. The van der Waals surface area contributed by atoms with E-state index < -0.39 is 46.1 Å². The van der Waals surface area contributed by atoms with Crippen LogP contribution in [0.2, 0.25) is 0 Å². The number of nitrogens with zero attached hydrogens (tertiary/aromatic N) is 2. The number of sulfonamides is 1. The molecule has 1 aliphatic carbocycles. The Kier molecular flexibility index (Phi) is 9.75. The van der Waals surface area contributed by atoms with E-state index in [9.17, 15) is 22.4 Å². The number of carbonyl (C=O) groups is 2. The Morgan fingerprint density at radius 1 is 0.902 bits per heavy atom. The third-order valence-electron chi connectivity index (χ3n) is 7.43. The first kappa shape index (κ1) is 30.2. The molecule has 0 aromatic heterocycles. The molecule has 0 saturated heterocycles. The molecule has 0 radical (unpaired) electrons.